The van der Waals surface area contributed by atoms with Gasteiger partial charge in [0.1, 0.15) is 10.7 Å². The van der Waals surface area contributed by atoms with Crippen LogP contribution < -0.4 is 10.9 Å². The predicted molar refractivity (Wildman–Crippen MR) is 128 cm³/mol. The van der Waals surface area contributed by atoms with E-state index >= 15 is 0 Å². The summed E-state index contributed by atoms with van der Waals surface area (Å²) in [5.74, 6) is 0. The second-order valence-electron chi connectivity index (χ2n) is 6.98. The van der Waals surface area contributed by atoms with Crippen molar-refractivity contribution in [2.45, 2.75) is 6.54 Å². The molecule has 0 aliphatic carbocycles. The van der Waals surface area contributed by atoms with Crippen molar-refractivity contribution < 1.29 is 0 Å². The van der Waals surface area contributed by atoms with Gasteiger partial charge in [0.2, 0.25) is 0 Å². The molecule has 5 nitrogen and oxygen atoms in total. The predicted octanol–water partition coefficient (Wildman–Crippen LogP) is 5.98. The zero-order chi connectivity index (χ0) is 21.2. The standard InChI is InChI=1S/C24H17ClN4OS/c25-16-11-9-15(10-12-16)24-27-17(14-31-24)13-26-19-6-2-1-5-18(19)22-23(30)29-21-8-4-3-7-20(21)28-22/h1-12,14,26H,13H2,(H,29,30). The molecule has 3 aromatic carbocycles. The van der Waals surface area contributed by atoms with E-state index in [0.717, 1.165) is 38.5 Å². The van der Waals surface area contributed by atoms with Crippen molar-refractivity contribution in [3.8, 4) is 21.8 Å². The molecule has 0 saturated carbocycles. The average Bonchev–Trinajstić information content (AvgIpc) is 3.27. The molecule has 0 spiro atoms. The highest BCUT2D eigenvalue weighted by Crippen LogP contribution is 2.28. The molecule has 31 heavy (non-hydrogen) atoms. The summed E-state index contributed by atoms with van der Waals surface area (Å²) in [6.07, 6.45) is 0. The van der Waals surface area contributed by atoms with Gasteiger partial charge in [0.15, 0.2) is 0 Å². The van der Waals surface area contributed by atoms with Crippen LogP contribution in [0.5, 0.6) is 0 Å². The summed E-state index contributed by atoms with van der Waals surface area (Å²) >= 11 is 7.56. The topological polar surface area (TPSA) is 70.7 Å². The lowest BCUT2D eigenvalue weighted by atomic mass is 10.1. The van der Waals surface area contributed by atoms with Crippen LogP contribution in [0.3, 0.4) is 0 Å². The third-order valence-corrected chi connectivity index (χ3v) is 6.08. The van der Waals surface area contributed by atoms with Crippen LogP contribution in [-0.2, 0) is 6.54 Å². The molecule has 2 heterocycles. The van der Waals surface area contributed by atoms with E-state index in [9.17, 15) is 4.79 Å². The number of hydrogen-bond donors (Lipinski definition) is 2. The molecule has 0 aliphatic heterocycles. The van der Waals surface area contributed by atoms with Crippen LogP contribution in [0.2, 0.25) is 5.02 Å². The second-order valence-corrected chi connectivity index (χ2v) is 8.28. The highest BCUT2D eigenvalue weighted by molar-refractivity contribution is 7.13. The number of fused-ring (bicyclic) bond motifs is 1. The summed E-state index contributed by atoms with van der Waals surface area (Å²) in [5, 5.41) is 7.08. The maximum absolute atomic E-state index is 12.7. The number of H-pyrrole nitrogens is 1. The first-order chi connectivity index (χ1) is 15.2. The molecular weight excluding hydrogens is 428 g/mol. The van der Waals surface area contributed by atoms with E-state index in [-0.39, 0.29) is 5.56 Å². The molecule has 2 N–H and O–H groups in total. The average molecular weight is 445 g/mol. The highest BCUT2D eigenvalue weighted by Gasteiger charge is 2.12. The fourth-order valence-electron chi connectivity index (χ4n) is 3.35. The first kappa shape index (κ1) is 19.5. The molecule has 0 atom stereocenters. The fourth-order valence-corrected chi connectivity index (χ4v) is 4.31. The van der Waals surface area contributed by atoms with Crippen LogP contribution in [0.4, 0.5) is 5.69 Å². The van der Waals surface area contributed by atoms with Crippen LogP contribution in [0.1, 0.15) is 5.69 Å². The van der Waals surface area contributed by atoms with E-state index in [1.807, 2.05) is 78.2 Å². The van der Waals surface area contributed by atoms with E-state index < -0.39 is 0 Å². The molecule has 0 unspecified atom stereocenters. The maximum atomic E-state index is 12.7. The van der Waals surface area contributed by atoms with E-state index in [1.54, 1.807) is 11.3 Å². The SMILES string of the molecule is O=c1[nH]c2ccccc2nc1-c1ccccc1NCc1csc(-c2ccc(Cl)cc2)n1. The van der Waals surface area contributed by atoms with Crippen LogP contribution in [0.25, 0.3) is 32.9 Å². The Morgan fingerprint density at radius 1 is 0.935 bits per heavy atom. The zero-order valence-corrected chi connectivity index (χ0v) is 17.9. The Kier molecular flexibility index (Phi) is 5.24. The minimum absolute atomic E-state index is 0.216. The Morgan fingerprint density at radius 2 is 1.71 bits per heavy atom. The Morgan fingerprint density at radius 3 is 2.58 bits per heavy atom. The largest absolute Gasteiger partial charge is 0.379 e. The second kappa shape index (κ2) is 8.34. The molecule has 0 saturated heterocycles. The van der Waals surface area contributed by atoms with Crippen molar-refractivity contribution in [2.24, 2.45) is 0 Å². The van der Waals surface area contributed by atoms with Gasteiger partial charge in [-0.05, 0) is 30.3 Å². The summed E-state index contributed by atoms with van der Waals surface area (Å²) in [6, 6.07) is 22.8. The summed E-state index contributed by atoms with van der Waals surface area (Å²) < 4.78 is 0. The fraction of sp³-hybridized carbons (Fsp3) is 0.0417. The van der Waals surface area contributed by atoms with Crippen LogP contribution in [0.15, 0.2) is 83.0 Å². The lowest BCUT2D eigenvalue weighted by Gasteiger charge is -2.11. The molecule has 5 rings (SSSR count). The summed E-state index contributed by atoms with van der Waals surface area (Å²) in [5.41, 5.74) is 5.18. The van der Waals surface area contributed by atoms with Crippen molar-refractivity contribution in [1.29, 1.82) is 0 Å². The number of halogens is 1. The van der Waals surface area contributed by atoms with Gasteiger partial charge in [-0.15, -0.1) is 11.3 Å². The quantitative estimate of drug-likeness (QED) is 0.350. The Bertz CT molecular complexity index is 1430. The molecule has 0 radical (unpaired) electrons. The minimum Gasteiger partial charge on any atom is -0.379 e. The van der Waals surface area contributed by atoms with Crippen LogP contribution in [0, 0.1) is 0 Å². The summed E-state index contributed by atoms with van der Waals surface area (Å²) in [4.78, 5) is 24.9. The number of rotatable bonds is 5. The number of aromatic nitrogens is 3. The number of para-hydroxylation sites is 3. The summed E-state index contributed by atoms with van der Waals surface area (Å²) in [7, 11) is 0. The molecule has 0 bridgehead atoms. The van der Waals surface area contributed by atoms with Crippen molar-refractivity contribution in [1.82, 2.24) is 15.0 Å². The van der Waals surface area contributed by atoms with Gasteiger partial charge < -0.3 is 10.3 Å². The molecule has 0 fully saturated rings. The van der Waals surface area contributed by atoms with Gasteiger partial charge >= 0.3 is 0 Å². The van der Waals surface area contributed by atoms with E-state index in [4.69, 9.17) is 16.6 Å². The van der Waals surface area contributed by atoms with Gasteiger partial charge in [0.05, 0.1) is 23.3 Å². The van der Waals surface area contributed by atoms with E-state index in [1.165, 1.54) is 0 Å². The number of aromatic amines is 1. The Hall–Kier alpha value is -3.48. The third kappa shape index (κ3) is 4.08. The highest BCUT2D eigenvalue weighted by atomic mass is 35.5. The Labute approximate surface area is 187 Å². The van der Waals surface area contributed by atoms with Gasteiger partial charge in [-0.2, -0.15) is 0 Å². The van der Waals surface area contributed by atoms with Crippen molar-refractivity contribution in [3.63, 3.8) is 0 Å². The van der Waals surface area contributed by atoms with Crippen molar-refractivity contribution in [2.75, 3.05) is 5.32 Å². The van der Waals surface area contributed by atoms with E-state index in [0.29, 0.717) is 17.3 Å². The number of nitrogens with zero attached hydrogens (tertiary/aromatic N) is 2. The van der Waals surface area contributed by atoms with Crippen molar-refractivity contribution >= 4 is 39.7 Å². The molecule has 0 amide bonds. The lowest BCUT2D eigenvalue weighted by molar-refractivity contribution is 1.07. The third-order valence-electron chi connectivity index (χ3n) is 4.88. The monoisotopic (exact) mass is 444 g/mol. The number of anilines is 1. The maximum Gasteiger partial charge on any atom is 0.275 e. The van der Waals surface area contributed by atoms with Gasteiger partial charge in [0, 0.05) is 27.2 Å². The lowest BCUT2D eigenvalue weighted by Crippen LogP contribution is -2.12. The molecule has 2 aromatic heterocycles. The van der Waals surface area contributed by atoms with Crippen LogP contribution >= 0.6 is 22.9 Å². The first-order valence-electron chi connectivity index (χ1n) is 9.70. The Balaban J connectivity index is 1.42. The van der Waals surface area contributed by atoms with Gasteiger partial charge in [-0.25, -0.2) is 9.97 Å². The summed E-state index contributed by atoms with van der Waals surface area (Å²) in [6.45, 7) is 0.534. The smallest absolute Gasteiger partial charge is 0.275 e. The van der Waals surface area contributed by atoms with E-state index in [2.05, 4.69) is 15.3 Å². The van der Waals surface area contributed by atoms with Gasteiger partial charge in [-0.3, -0.25) is 4.79 Å². The van der Waals surface area contributed by atoms with Crippen molar-refractivity contribution in [3.05, 3.63) is 99.2 Å². The molecule has 0 aliphatic rings. The first-order valence-corrected chi connectivity index (χ1v) is 11.0. The van der Waals surface area contributed by atoms with Crippen LogP contribution in [-0.4, -0.2) is 15.0 Å². The molecular formula is C24H17ClN4OS. The van der Waals surface area contributed by atoms with Gasteiger partial charge in [-0.1, -0.05) is 54.1 Å². The molecule has 5 aromatic rings. The minimum atomic E-state index is -0.216. The number of hydrogen-bond acceptors (Lipinski definition) is 5. The molecule has 7 heteroatoms. The number of benzene rings is 3. The number of nitrogens with one attached hydrogen (secondary N) is 2. The molecule has 152 valence electrons. The zero-order valence-electron chi connectivity index (χ0n) is 16.3. The number of thiazole rings is 1. The van der Waals surface area contributed by atoms with Gasteiger partial charge in [0.25, 0.3) is 5.56 Å². The normalized spacial score (nSPS) is 11.0.